The summed E-state index contributed by atoms with van der Waals surface area (Å²) >= 11 is 3.29. The Hall–Kier alpha value is -1.69. The largest absolute Gasteiger partial charge is 0.368 e. The SMILES string of the molecule is Cc1c(F)cccc1Nc1nc(N)ncc1Br. The number of hydrogen-bond donors (Lipinski definition) is 2. The molecule has 1 aromatic carbocycles. The fourth-order valence-electron chi connectivity index (χ4n) is 1.34. The Morgan fingerprint density at radius 1 is 1.41 bits per heavy atom. The first-order valence-corrected chi connectivity index (χ1v) is 5.67. The molecule has 0 saturated carbocycles. The summed E-state index contributed by atoms with van der Waals surface area (Å²) < 4.78 is 14.0. The Morgan fingerprint density at radius 3 is 2.94 bits per heavy atom. The summed E-state index contributed by atoms with van der Waals surface area (Å²) in [5.41, 5.74) is 6.66. The van der Waals surface area contributed by atoms with Gasteiger partial charge in [-0.3, -0.25) is 0 Å². The molecule has 0 unspecified atom stereocenters. The third-order valence-corrected chi connectivity index (χ3v) is 2.86. The zero-order valence-corrected chi connectivity index (χ0v) is 10.6. The predicted octanol–water partition coefficient (Wildman–Crippen LogP) is 3.01. The summed E-state index contributed by atoms with van der Waals surface area (Å²) in [7, 11) is 0. The molecule has 0 aliphatic carbocycles. The molecule has 0 radical (unpaired) electrons. The van der Waals surface area contributed by atoms with Gasteiger partial charge in [-0.25, -0.2) is 9.37 Å². The molecule has 0 aliphatic rings. The van der Waals surface area contributed by atoms with Gasteiger partial charge in [0.25, 0.3) is 0 Å². The van der Waals surface area contributed by atoms with Gasteiger partial charge in [0.2, 0.25) is 5.95 Å². The summed E-state index contributed by atoms with van der Waals surface area (Å²) in [6.45, 7) is 1.69. The molecule has 17 heavy (non-hydrogen) atoms. The maximum absolute atomic E-state index is 13.4. The summed E-state index contributed by atoms with van der Waals surface area (Å²) in [5.74, 6) is 0.393. The van der Waals surface area contributed by atoms with E-state index in [-0.39, 0.29) is 11.8 Å². The highest BCUT2D eigenvalue weighted by atomic mass is 79.9. The molecule has 0 aliphatic heterocycles. The van der Waals surface area contributed by atoms with Gasteiger partial charge in [-0.15, -0.1) is 0 Å². The van der Waals surface area contributed by atoms with Crippen molar-refractivity contribution < 1.29 is 4.39 Å². The number of hydrogen-bond acceptors (Lipinski definition) is 4. The molecule has 6 heteroatoms. The molecule has 0 atom stereocenters. The third-order valence-electron chi connectivity index (χ3n) is 2.28. The molecule has 0 spiro atoms. The van der Waals surface area contributed by atoms with Crippen LogP contribution in [-0.4, -0.2) is 9.97 Å². The zero-order chi connectivity index (χ0) is 12.4. The normalized spacial score (nSPS) is 10.3. The Bertz CT molecular complexity index is 559. The molecule has 0 fully saturated rings. The fraction of sp³-hybridized carbons (Fsp3) is 0.0909. The lowest BCUT2D eigenvalue weighted by molar-refractivity contribution is 0.619. The van der Waals surface area contributed by atoms with Crippen molar-refractivity contribution in [1.29, 1.82) is 0 Å². The molecular weight excluding hydrogens is 287 g/mol. The molecule has 2 rings (SSSR count). The Labute approximate surface area is 106 Å². The first kappa shape index (κ1) is 11.8. The summed E-state index contributed by atoms with van der Waals surface area (Å²) in [5, 5.41) is 3.00. The van der Waals surface area contributed by atoms with Gasteiger partial charge in [-0.2, -0.15) is 4.98 Å². The van der Waals surface area contributed by atoms with Crippen molar-refractivity contribution in [3.8, 4) is 0 Å². The van der Waals surface area contributed by atoms with E-state index >= 15 is 0 Å². The highest BCUT2D eigenvalue weighted by Crippen LogP contribution is 2.26. The number of anilines is 3. The summed E-state index contributed by atoms with van der Waals surface area (Å²) in [6.07, 6.45) is 1.54. The second kappa shape index (κ2) is 4.67. The number of halogens is 2. The van der Waals surface area contributed by atoms with E-state index in [9.17, 15) is 4.39 Å². The van der Waals surface area contributed by atoms with Crippen molar-refractivity contribution in [3.63, 3.8) is 0 Å². The smallest absolute Gasteiger partial charge is 0.222 e. The average molecular weight is 297 g/mol. The van der Waals surface area contributed by atoms with E-state index in [1.54, 1.807) is 25.3 Å². The maximum atomic E-state index is 13.4. The van der Waals surface area contributed by atoms with Crippen LogP contribution in [0.4, 0.5) is 21.8 Å². The lowest BCUT2D eigenvalue weighted by atomic mass is 10.2. The minimum atomic E-state index is -0.270. The zero-order valence-electron chi connectivity index (χ0n) is 9.04. The minimum Gasteiger partial charge on any atom is -0.368 e. The van der Waals surface area contributed by atoms with E-state index in [1.165, 1.54) is 6.07 Å². The first-order chi connectivity index (χ1) is 8.08. The Kier molecular flexibility index (Phi) is 3.23. The van der Waals surface area contributed by atoms with Gasteiger partial charge in [0.1, 0.15) is 11.6 Å². The monoisotopic (exact) mass is 296 g/mol. The van der Waals surface area contributed by atoms with Crippen LogP contribution in [0.15, 0.2) is 28.9 Å². The van der Waals surface area contributed by atoms with Crippen LogP contribution in [-0.2, 0) is 0 Å². The van der Waals surface area contributed by atoms with E-state index in [0.717, 1.165) is 0 Å². The van der Waals surface area contributed by atoms with Crippen molar-refractivity contribution in [3.05, 3.63) is 40.2 Å². The molecule has 1 heterocycles. The van der Waals surface area contributed by atoms with Crippen LogP contribution in [0.3, 0.4) is 0 Å². The molecule has 3 N–H and O–H groups in total. The van der Waals surface area contributed by atoms with Gasteiger partial charge >= 0.3 is 0 Å². The minimum absolute atomic E-state index is 0.157. The topological polar surface area (TPSA) is 63.8 Å². The molecular formula is C11H10BrFN4. The van der Waals surface area contributed by atoms with Crippen molar-refractivity contribution in [1.82, 2.24) is 9.97 Å². The van der Waals surface area contributed by atoms with Gasteiger partial charge in [-0.1, -0.05) is 6.07 Å². The molecule has 1 aromatic heterocycles. The van der Waals surface area contributed by atoms with Gasteiger partial charge in [-0.05, 0) is 35.0 Å². The van der Waals surface area contributed by atoms with Crippen LogP contribution < -0.4 is 11.1 Å². The standard InChI is InChI=1S/C11H10BrFN4/c1-6-8(13)3-2-4-9(6)16-10-7(12)5-15-11(14)17-10/h2-5H,1H3,(H3,14,15,16,17). The fourth-order valence-corrected chi connectivity index (χ4v) is 1.63. The highest BCUT2D eigenvalue weighted by Gasteiger charge is 2.07. The lowest BCUT2D eigenvalue weighted by Gasteiger charge is -2.10. The van der Waals surface area contributed by atoms with Crippen LogP contribution in [0.2, 0.25) is 0 Å². The quantitative estimate of drug-likeness (QED) is 0.894. The van der Waals surface area contributed by atoms with Gasteiger partial charge in [0.15, 0.2) is 0 Å². The number of nitrogens with zero attached hydrogens (tertiary/aromatic N) is 2. The second-order valence-corrected chi connectivity index (χ2v) is 4.32. The summed E-state index contributed by atoms with van der Waals surface area (Å²) in [4.78, 5) is 7.85. The summed E-state index contributed by atoms with van der Waals surface area (Å²) in [6, 6.07) is 4.80. The first-order valence-electron chi connectivity index (χ1n) is 4.88. The van der Waals surface area contributed by atoms with E-state index in [4.69, 9.17) is 5.73 Å². The molecule has 88 valence electrons. The molecule has 0 saturated heterocycles. The van der Waals surface area contributed by atoms with E-state index in [2.05, 4.69) is 31.2 Å². The lowest BCUT2D eigenvalue weighted by Crippen LogP contribution is -2.02. The predicted molar refractivity (Wildman–Crippen MR) is 68.6 cm³/mol. The van der Waals surface area contributed by atoms with E-state index < -0.39 is 0 Å². The number of nitrogens with two attached hydrogens (primary N) is 1. The number of rotatable bonds is 2. The van der Waals surface area contributed by atoms with Crippen molar-refractivity contribution in [2.24, 2.45) is 0 Å². The van der Waals surface area contributed by atoms with Crippen LogP contribution in [0, 0.1) is 12.7 Å². The van der Waals surface area contributed by atoms with Gasteiger partial charge in [0, 0.05) is 17.4 Å². The number of aromatic nitrogens is 2. The van der Waals surface area contributed by atoms with Gasteiger partial charge in [0.05, 0.1) is 4.47 Å². The van der Waals surface area contributed by atoms with Crippen molar-refractivity contribution in [2.45, 2.75) is 6.92 Å². The number of nitrogens with one attached hydrogen (secondary N) is 1. The maximum Gasteiger partial charge on any atom is 0.222 e. The highest BCUT2D eigenvalue weighted by molar-refractivity contribution is 9.10. The van der Waals surface area contributed by atoms with E-state index in [0.29, 0.717) is 21.5 Å². The molecule has 4 nitrogen and oxygen atoms in total. The van der Waals surface area contributed by atoms with E-state index in [1.807, 2.05) is 0 Å². The number of benzene rings is 1. The molecule has 2 aromatic rings. The van der Waals surface area contributed by atoms with Gasteiger partial charge < -0.3 is 11.1 Å². The van der Waals surface area contributed by atoms with Crippen LogP contribution >= 0.6 is 15.9 Å². The average Bonchev–Trinajstić information content (AvgIpc) is 2.30. The molecule has 0 amide bonds. The van der Waals surface area contributed by atoms with Crippen molar-refractivity contribution >= 4 is 33.4 Å². The van der Waals surface area contributed by atoms with Crippen LogP contribution in [0.25, 0.3) is 0 Å². The van der Waals surface area contributed by atoms with Crippen LogP contribution in [0.1, 0.15) is 5.56 Å². The number of nitrogen functional groups attached to an aromatic ring is 1. The van der Waals surface area contributed by atoms with Crippen LogP contribution in [0.5, 0.6) is 0 Å². The third kappa shape index (κ3) is 2.52. The Morgan fingerprint density at radius 2 is 2.18 bits per heavy atom. The second-order valence-electron chi connectivity index (χ2n) is 3.46. The Balaban J connectivity index is 2.38. The molecule has 0 bridgehead atoms. The van der Waals surface area contributed by atoms with Crippen molar-refractivity contribution in [2.75, 3.05) is 11.1 Å².